The van der Waals surface area contributed by atoms with Crippen LogP contribution in [-0.4, -0.2) is 115 Å². The van der Waals surface area contributed by atoms with Crippen molar-refractivity contribution in [3.8, 4) is 22.3 Å². The van der Waals surface area contributed by atoms with E-state index < -0.39 is 5.60 Å². The number of aromatic nitrogens is 12. The van der Waals surface area contributed by atoms with Crippen LogP contribution in [0.3, 0.4) is 0 Å². The number of hydrogen-bond acceptors (Lipinski definition) is 17. The quantitative estimate of drug-likeness (QED) is 0.0787. The maximum Gasteiger partial charge on any atom is 0.410 e. The Labute approximate surface area is 400 Å². The molecule has 8 aromatic rings. The van der Waals surface area contributed by atoms with Crippen LogP contribution in [0.15, 0.2) is 85.7 Å². The van der Waals surface area contributed by atoms with Gasteiger partial charge in [0.25, 0.3) is 0 Å². The van der Waals surface area contributed by atoms with E-state index in [1.807, 2.05) is 113 Å². The Morgan fingerprint density at radius 3 is 1.57 bits per heavy atom. The molecule has 0 aromatic carbocycles. The molecule has 69 heavy (non-hydrogen) atoms. The van der Waals surface area contributed by atoms with Gasteiger partial charge in [-0.3, -0.25) is 19.3 Å². The topological polar surface area (TPSA) is 228 Å². The summed E-state index contributed by atoms with van der Waals surface area (Å²) in [5, 5.41) is 42.5. The number of anilines is 6. The van der Waals surface area contributed by atoms with Crippen molar-refractivity contribution >= 4 is 63.1 Å². The van der Waals surface area contributed by atoms with Crippen LogP contribution >= 0.6 is 0 Å². The van der Waals surface area contributed by atoms with Crippen molar-refractivity contribution in [1.82, 2.24) is 70.1 Å². The summed E-state index contributed by atoms with van der Waals surface area (Å²) < 4.78 is 9.03. The Bertz CT molecular complexity index is 3110. The van der Waals surface area contributed by atoms with Crippen LogP contribution in [0, 0.1) is 0 Å². The van der Waals surface area contributed by atoms with Crippen LogP contribution in [0.5, 0.6) is 0 Å². The van der Waals surface area contributed by atoms with Gasteiger partial charge in [-0.15, -0.1) is 10.2 Å². The first-order chi connectivity index (χ1) is 33.1. The first-order valence-electron chi connectivity index (χ1n) is 23.1. The van der Waals surface area contributed by atoms with E-state index in [9.17, 15) is 4.79 Å². The van der Waals surface area contributed by atoms with Crippen LogP contribution in [0.1, 0.15) is 71.4 Å². The number of nitrogens with zero attached hydrogens (tertiary/aromatic N) is 13. The van der Waals surface area contributed by atoms with Crippen molar-refractivity contribution in [3.05, 3.63) is 96.8 Å². The highest BCUT2D eigenvalue weighted by Crippen LogP contribution is 2.32. The summed E-state index contributed by atoms with van der Waals surface area (Å²) in [6.07, 6.45) is 10.9. The number of rotatable bonds is 12. The van der Waals surface area contributed by atoms with Gasteiger partial charge in [0, 0.05) is 87.3 Å². The molecule has 0 atom stereocenters. The molecule has 1 amide bonds. The standard InChI is InChI=1S/C27H33N9O2.C22H25N9/c1-16(2)17-10-24(33-29-12-17)32-23-8-7-21-22(31-23)9-18(11-28-21)20-15-35(6)34-25(20)30-19-13-36(14-19)26(37)38-27(3,4)5;1-13(2)14-7-21(29-25-9-14)28-20-5-4-18-19(27-20)6-15(8-24-18)17-12-31(3)30-22(17)26-16-10-23-11-16/h7-12,15-16,19H,13-14H2,1-6H3,(H,30,34)(H,31,32,33);4-9,12-13,16,23H,10-11H2,1-3H3,(H,26,30)(H,27,28,29). The third-order valence-corrected chi connectivity index (χ3v) is 11.5. The molecule has 10 heterocycles. The average Bonchev–Trinajstić information content (AvgIpc) is 3.85. The summed E-state index contributed by atoms with van der Waals surface area (Å²) in [6, 6.07) is 16.2. The molecule has 8 aromatic heterocycles. The first kappa shape index (κ1) is 46.2. The number of amides is 1. The maximum atomic E-state index is 12.3. The van der Waals surface area contributed by atoms with E-state index in [0.29, 0.717) is 54.2 Å². The molecule has 2 aliphatic rings. The molecule has 5 N–H and O–H groups in total. The first-order valence-corrected chi connectivity index (χ1v) is 23.1. The molecule has 0 radical (unpaired) electrons. The molecule has 0 bridgehead atoms. The maximum absolute atomic E-state index is 12.3. The highest BCUT2D eigenvalue weighted by Gasteiger charge is 2.34. The van der Waals surface area contributed by atoms with Crippen LogP contribution in [-0.2, 0) is 18.8 Å². The van der Waals surface area contributed by atoms with E-state index in [1.165, 1.54) is 0 Å². The number of hydrogen-bond donors (Lipinski definition) is 5. The third kappa shape index (κ3) is 11.1. The summed E-state index contributed by atoms with van der Waals surface area (Å²) in [6.45, 7) is 17.1. The van der Waals surface area contributed by atoms with Gasteiger partial charge >= 0.3 is 6.09 Å². The minimum absolute atomic E-state index is 0.0845. The lowest BCUT2D eigenvalue weighted by Crippen LogP contribution is -2.58. The molecule has 0 saturated carbocycles. The SMILES string of the molecule is CC(C)c1cnnc(Nc2ccc3ncc(-c4cn(C)nc4NC4CN(C(=O)OC(C)(C)C)C4)cc3n2)c1.CC(C)c1cnnc(Nc2ccc3ncc(-c4cn(C)nc4NC4CNC4)cc3n2)c1. The van der Waals surface area contributed by atoms with E-state index in [0.717, 1.165) is 80.2 Å². The fourth-order valence-corrected chi connectivity index (χ4v) is 7.66. The average molecular weight is 931 g/mol. The van der Waals surface area contributed by atoms with Crippen LogP contribution in [0.2, 0.25) is 0 Å². The lowest BCUT2D eigenvalue weighted by Gasteiger charge is -2.40. The molecule has 20 heteroatoms. The van der Waals surface area contributed by atoms with Crippen molar-refractivity contribution < 1.29 is 9.53 Å². The molecule has 2 aliphatic heterocycles. The van der Waals surface area contributed by atoms with Gasteiger partial charge in [-0.2, -0.15) is 20.4 Å². The lowest BCUT2D eigenvalue weighted by molar-refractivity contribution is 0.0104. The van der Waals surface area contributed by atoms with Gasteiger partial charge < -0.3 is 36.2 Å². The molecular formula is C49H58N18O2. The minimum Gasteiger partial charge on any atom is -0.444 e. The van der Waals surface area contributed by atoms with Gasteiger partial charge in [-0.25, -0.2) is 14.8 Å². The summed E-state index contributed by atoms with van der Waals surface area (Å²) in [7, 11) is 3.80. The van der Waals surface area contributed by atoms with E-state index in [1.54, 1.807) is 22.0 Å². The second kappa shape index (κ2) is 19.4. The van der Waals surface area contributed by atoms with E-state index >= 15 is 0 Å². The smallest absolute Gasteiger partial charge is 0.410 e. The van der Waals surface area contributed by atoms with Crippen molar-refractivity contribution in [2.45, 2.75) is 78.0 Å². The van der Waals surface area contributed by atoms with Crippen LogP contribution in [0.25, 0.3) is 44.3 Å². The molecule has 10 rings (SSSR count). The number of carbonyl (C=O) groups excluding carboxylic acids is 1. The van der Waals surface area contributed by atoms with Gasteiger partial charge in [0.15, 0.2) is 23.3 Å². The zero-order valence-corrected chi connectivity index (χ0v) is 40.4. The molecular weight excluding hydrogens is 873 g/mol. The normalized spacial score (nSPS) is 14.0. The third-order valence-electron chi connectivity index (χ3n) is 11.5. The second-order valence-electron chi connectivity index (χ2n) is 19.1. The van der Waals surface area contributed by atoms with Gasteiger partial charge in [0.05, 0.1) is 46.5 Å². The lowest BCUT2D eigenvalue weighted by atomic mass is 10.1. The molecule has 20 nitrogen and oxygen atoms in total. The Hall–Kier alpha value is -7.87. The highest BCUT2D eigenvalue weighted by molar-refractivity contribution is 5.86. The summed E-state index contributed by atoms with van der Waals surface area (Å²) in [4.78, 5) is 32.7. The predicted molar refractivity (Wildman–Crippen MR) is 268 cm³/mol. The van der Waals surface area contributed by atoms with Gasteiger partial charge in [-0.05, 0) is 92.3 Å². The van der Waals surface area contributed by atoms with Crippen molar-refractivity contribution in [2.24, 2.45) is 14.1 Å². The summed E-state index contributed by atoms with van der Waals surface area (Å²) in [5.74, 6) is 5.01. The fourth-order valence-electron chi connectivity index (χ4n) is 7.66. The Kier molecular flexibility index (Phi) is 13.0. The molecule has 356 valence electrons. The summed E-state index contributed by atoms with van der Waals surface area (Å²) in [5.41, 5.74) is 8.67. The number of likely N-dealkylation sites (tertiary alicyclic amines) is 1. The second-order valence-corrected chi connectivity index (χ2v) is 19.1. The number of fused-ring (bicyclic) bond motifs is 2. The van der Waals surface area contributed by atoms with Crippen molar-refractivity contribution in [1.29, 1.82) is 0 Å². The van der Waals surface area contributed by atoms with Gasteiger partial charge in [0.2, 0.25) is 0 Å². The Morgan fingerprint density at radius 1 is 0.652 bits per heavy atom. The monoisotopic (exact) mass is 930 g/mol. The Balaban J connectivity index is 0.000000175. The number of aryl methyl sites for hydroxylation is 2. The Morgan fingerprint density at radius 2 is 1.13 bits per heavy atom. The number of carbonyl (C=O) groups is 1. The molecule has 2 saturated heterocycles. The molecule has 2 fully saturated rings. The van der Waals surface area contributed by atoms with Crippen molar-refractivity contribution in [2.75, 3.05) is 47.4 Å². The van der Waals surface area contributed by atoms with Gasteiger partial charge in [0.1, 0.15) is 17.2 Å². The highest BCUT2D eigenvalue weighted by atomic mass is 16.6. The van der Waals surface area contributed by atoms with E-state index in [2.05, 4.69) is 94.8 Å². The molecule has 0 spiro atoms. The predicted octanol–water partition coefficient (Wildman–Crippen LogP) is 7.79. The fraction of sp³-hybridized carbons (Fsp3) is 0.367. The van der Waals surface area contributed by atoms with E-state index in [-0.39, 0.29) is 12.1 Å². The number of ether oxygens (including phenoxy) is 1. The van der Waals surface area contributed by atoms with Gasteiger partial charge in [-0.1, -0.05) is 27.7 Å². The largest absolute Gasteiger partial charge is 0.444 e. The van der Waals surface area contributed by atoms with E-state index in [4.69, 9.17) is 14.7 Å². The van der Waals surface area contributed by atoms with Crippen LogP contribution in [0.4, 0.5) is 39.7 Å². The zero-order valence-electron chi connectivity index (χ0n) is 40.4. The number of pyridine rings is 4. The molecule has 0 aliphatic carbocycles. The zero-order chi connectivity index (χ0) is 48.4. The molecule has 0 unspecified atom stereocenters. The van der Waals surface area contributed by atoms with Crippen LogP contribution < -0.4 is 26.6 Å². The summed E-state index contributed by atoms with van der Waals surface area (Å²) >= 11 is 0. The minimum atomic E-state index is -0.512. The van der Waals surface area contributed by atoms with Crippen molar-refractivity contribution in [3.63, 3.8) is 0 Å². The number of nitrogens with one attached hydrogen (secondary N) is 5.